The van der Waals surface area contributed by atoms with Crippen LogP contribution in [0.25, 0.3) is 0 Å². The molecule has 1 aliphatic rings. The summed E-state index contributed by atoms with van der Waals surface area (Å²) in [7, 11) is 0. The van der Waals surface area contributed by atoms with Gasteiger partial charge in [-0.2, -0.15) is 4.98 Å². The molecule has 0 unspecified atom stereocenters. The summed E-state index contributed by atoms with van der Waals surface area (Å²) in [5.74, 6) is 2.04. The van der Waals surface area contributed by atoms with Gasteiger partial charge >= 0.3 is 0 Å². The molecule has 120 valence electrons. The molecule has 7 heteroatoms. The van der Waals surface area contributed by atoms with Gasteiger partial charge in [-0.3, -0.25) is 4.90 Å². The Morgan fingerprint density at radius 2 is 2.45 bits per heavy atom. The molecule has 0 bridgehead atoms. The molecule has 0 aromatic carbocycles. The third-order valence-electron chi connectivity index (χ3n) is 3.78. The van der Waals surface area contributed by atoms with E-state index in [1.54, 1.807) is 13.2 Å². The van der Waals surface area contributed by atoms with Crippen molar-refractivity contribution in [2.24, 2.45) is 0 Å². The van der Waals surface area contributed by atoms with Crippen molar-refractivity contribution < 1.29 is 18.8 Å². The van der Waals surface area contributed by atoms with Crippen molar-refractivity contribution in [1.29, 1.82) is 0 Å². The SMILES string of the molecule is Cc1nc([C@H]2CCCN2C[C@H](O)COCc2ccco2)no1. The lowest BCUT2D eigenvalue weighted by molar-refractivity contribution is 0.00252. The molecule has 0 spiro atoms. The third kappa shape index (κ3) is 3.73. The molecule has 3 rings (SSSR count). The molecular weight excluding hydrogens is 286 g/mol. The lowest BCUT2D eigenvalue weighted by Gasteiger charge is -2.24. The molecule has 1 N–H and O–H groups in total. The smallest absolute Gasteiger partial charge is 0.223 e. The number of aryl methyl sites for hydroxylation is 1. The van der Waals surface area contributed by atoms with E-state index < -0.39 is 6.10 Å². The van der Waals surface area contributed by atoms with Crippen molar-refractivity contribution in [1.82, 2.24) is 15.0 Å². The second-order valence-electron chi connectivity index (χ2n) is 5.57. The summed E-state index contributed by atoms with van der Waals surface area (Å²) in [4.78, 5) is 6.49. The number of ether oxygens (including phenoxy) is 1. The first-order valence-electron chi connectivity index (χ1n) is 7.55. The van der Waals surface area contributed by atoms with Crippen LogP contribution in [0.5, 0.6) is 0 Å². The van der Waals surface area contributed by atoms with E-state index in [9.17, 15) is 5.11 Å². The standard InChI is InChI=1S/C15H21N3O4/c1-11-16-15(17-22-11)14-5-2-6-18(14)8-12(19)9-20-10-13-4-3-7-21-13/h3-4,7,12,14,19H,2,5-6,8-10H2,1H3/t12-,14+/m0/s1. The Kier molecular flexibility index (Phi) is 4.87. The molecular formula is C15H21N3O4. The van der Waals surface area contributed by atoms with Crippen molar-refractivity contribution in [3.05, 3.63) is 35.9 Å². The number of hydrogen-bond acceptors (Lipinski definition) is 7. The summed E-state index contributed by atoms with van der Waals surface area (Å²) >= 11 is 0. The van der Waals surface area contributed by atoms with Crippen molar-refractivity contribution in [2.45, 2.75) is 38.5 Å². The number of aromatic nitrogens is 2. The fraction of sp³-hybridized carbons (Fsp3) is 0.600. The number of β-amino-alcohol motifs (C(OH)–C–C–N with tert-alkyl or cyclic N) is 1. The number of aliphatic hydroxyl groups is 1. The molecule has 1 aliphatic heterocycles. The first-order chi connectivity index (χ1) is 10.7. The van der Waals surface area contributed by atoms with Crippen LogP contribution < -0.4 is 0 Å². The van der Waals surface area contributed by atoms with Crippen LogP contribution in [0, 0.1) is 6.92 Å². The van der Waals surface area contributed by atoms with Crippen molar-refractivity contribution in [2.75, 3.05) is 19.7 Å². The molecule has 7 nitrogen and oxygen atoms in total. The number of nitrogens with zero attached hydrogens (tertiary/aromatic N) is 3. The largest absolute Gasteiger partial charge is 0.467 e. The number of aliphatic hydroxyl groups excluding tert-OH is 1. The molecule has 0 saturated carbocycles. The van der Waals surface area contributed by atoms with E-state index in [0.717, 1.165) is 25.1 Å². The number of rotatable bonds is 7. The summed E-state index contributed by atoms with van der Waals surface area (Å²) in [5, 5.41) is 14.1. The molecule has 22 heavy (non-hydrogen) atoms. The second kappa shape index (κ2) is 7.04. The molecule has 1 saturated heterocycles. The molecule has 2 aromatic rings. The summed E-state index contributed by atoms with van der Waals surface area (Å²) in [6, 6.07) is 3.79. The highest BCUT2D eigenvalue weighted by Gasteiger charge is 2.30. The van der Waals surface area contributed by atoms with Gasteiger partial charge in [0.05, 0.1) is 25.0 Å². The van der Waals surface area contributed by atoms with Crippen LogP contribution >= 0.6 is 0 Å². The minimum Gasteiger partial charge on any atom is -0.467 e. The summed E-state index contributed by atoms with van der Waals surface area (Å²) in [6.07, 6.45) is 3.11. The average molecular weight is 307 g/mol. The van der Waals surface area contributed by atoms with E-state index >= 15 is 0 Å². The van der Waals surface area contributed by atoms with Gasteiger partial charge in [-0.15, -0.1) is 0 Å². The summed E-state index contributed by atoms with van der Waals surface area (Å²) in [6.45, 7) is 3.89. The number of likely N-dealkylation sites (tertiary alicyclic amines) is 1. The Morgan fingerprint density at radius 3 is 3.18 bits per heavy atom. The fourth-order valence-corrected chi connectivity index (χ4v) is 2.80. The predicted octanol–water partition coefficient (Wildman–Crippen LogP) is 1.69. The van der Waals surface area contributed by atoms with E-state index in [-0.39, 0.29) is 12.6 Å². The zero-order chi connectivity index (χ0) is 15.4. The number of hydrogen-bond donors (Lipinski definition) is 1. The van der Waals surface area contributed by atoms with Gasteiger partial charge in [0.15, 0.2) is 5.82 Å². The predicted molar refractivity (Wildman–Crippen MR) is 77.0 cm³/mol. The molecule has 0 radical (unpaired) electrons. The monoisotopic (exact) mass is 307 g/mol. The van der Waals surface area contributed by atoms with Crippen LogP contribution in [0.2, 0.25) is 0 Å². The Hall–Kier alpha value is -1.70. The second-order valence-corrected chi connectivity index (χ2v) is 5.57. The van der Waals surface area contributed by atoms with Crippen LogP contribution in [0.15, 0.2) is 27.3 Å². The third-order valence-corrected chi connectivity index (χ3v) is 3.78. The summed E-state index contributed by atoms with van der Waals surface area (Å²) in [5.41, 5.74) is 0. The Balaban J connectivity index is 1.46. The lowest BCUT2D eigenvalue weighted by Crippen LogP contribution is -2.35. The molecule has 0 amide bonds. The molecule has 1 fully saturated rings. The summed E-state index contributed by atoms with van der Waals surface area (Å²) < 4.78 is 15.7. The average Bonchev–Trinajstić information content (AvgIpc) is 3.20. The van der Waals surface area contributed by atoms with E-state index in [2.05, 4.69) is 15.0 Å². The maximum atomic E-state index is 10.1. The van der Waals surface area contributed by atoms with Crippen LogP contribution in [-0.2, 0) is 11.3 Å². The Morgan fingerprint density at radius 1 is 1.55 bits per heavy atom. The van der Waals surface area contributed by atoms with Gasteiger partial charge in [0.2, 0.25) is 5.89 Å². The molecule has 3 heterocycles. The normalized spacial score (nSPS) is 20.5. The Bertz CT molecular complexity index is 569. The van der Waals surface area contributed by atoms with Gasteiger partial charge in [0.1, 0.15) is 12.4 Å². The van der Waals surface area contributed by atoms with Crippen molar-refractivity contribution in [3.63, 3.8) is 0 Å². The quantitative estimate of drug-likeness (QED) is 0.833. The van der Waals surface area contributed by atoms with Crippen LogP contribution in [0.4, 0.5) is 0 Å². The van der Waals surface area contributed by atoms with Gasteiger partial charge < -0.3 is 18.8 Å². The maximum Gasteiger partial charge on any atom is 0.223 e. The van der Waals surface area contributed by atoms with Crippen molar-refractivity contribution in [3.8, 4) is 0 Å². The van der Waals surface area contributed by atoms with Gasteiger partial charge in [-0.05, 0) is 31.5 Å². The first kappa shape index (κ1) is 15.2. The van der Waals surface area contributed by atoms with E-state index in [1.165, 1.54) is 0 Å². The molecule has 2 aromatic heterocycles. The van der Waals surface area contributed by atoms with Gasteiger partial charge in [0.25, 0.3) is 0 Å². The minimum atomic E-state index is -0.552. The zero-order valence-electron chi connectivity index (χ0n) is 12.6. The number of furan rings is 1. The lowest BCUT2D eigenvalue weighted by atomic mass is 10.2. The highest BCUT2D eigenvalue weighted by molar-refractivity contribution is 4.98. The van der Waals surface area contributed by atoms with E-state index in [1.807, 2.05) is 12.1 Å². The van der Waals surface area contributed by atoms with E-state index in [4.69, 9.17) is 13.7 Å². The highest BCUT2D eigenvalue weighted by atomic mass is 16.5. The molecule has 2 atom stereocenters. The fourth-order valence-electron chi connectivity index (χ4n) is 2.80. The maximum absolute atomic E-state index is 10.1. The van der Waals surface area contributed by atoms with Crippen LogP contribution in [-0.4, -0.2) is 45.9 Å². The van der Waals surface area contributed by atoms with Crippen molar-refractivity contribution >= 4 is 0 Å². The van der Waals surface area contributed by atoms with Gasteiger partial charge in [-0.25, -0.2) is 0 Å². The minimum absolute atomic E-state index is 0.122. The van der Waals surface area contributed by atoms with Crippen LogP contribution in [0.1, 0.15) is 36.4 Å². The van der Waals surface area contributed by atoms with Gasteiger partial charge in [0, 0.05) is 13.5 Å². The van der Waals surface area contributed by atoms with E-state index in [0.29, 0.717) is 24.9 Å². The zero-order valence-corrected chi connectivity index (χ0v) is 12.6. The highest BCUT2D eigenvalue weighted by Crippen LogP contribution is 2.30. The van der Waals surface area contributed by atoms with Gasteiger partial charge in [-0.1, -0.05) is 5.16 Å². The van der Waals surface area contributed by atoms with Crippen LogP contribution in [0.3, 0.4) is 0 Å². The first-order valence-corrected chi connectivity index (χ1v) is 7.55. The topological polar surface area (TPSA) is 84.8 Å². The molecule has 0 aliphatic carbocycles. The Labute approximate surface area is 128 Å².